The molecule has 1 aromatic carbocycles. The summed E-state index contributed by atoms with van der Waals surface area (Å²) in [5.74, 6) is 6.05. The van der Waals surface area contributed by atoms with E-state index in [4.69, 9.17) is 12.8 Å². The van der Waals surface area contributed by atoms with E-state index in [2.05, 4.69) is 11.8 Å². The normalized spacial score (nSPS) is 24.7. The monoisotopic (exact) mass is 448 g/mol. The Morgan fingerprint density at radius 1 is 0.767 bits per heavy atom. The van der Waals surface area contributed by atoms with Crippen LogP contribution in [0.2, 0.25) is 0 Å². The average molecular weight is 449 g/mol. The summed E-state index contributed by atoms with van der Waals surface area (Å²) < 4.78 is 47.3. The van der Waals surface area contributed by atoms with Crippen molar-refractivity contribution >= 4 is 19.7 Å². The number of hydrogen-bond donors (Lipinski definition) is 0. The summed E-state index contributed by atoms with van der Waals surface area (Å²) in [7, 11) is -5.94. The highest BCUT2D eigenvalue weighted by molar-refractivity contribution is 7.91. The molecule has 2 unspecified atom stereocenters. The fourth-order valence-corrected chi connectivity index (χ4v) is 7.73. The van der Waals surface area contributed by atoms with Crippen LogP contribution in [-0.2, 0) is 32.8 Å². The van der Waals surface area contributed by atoms with Crippen molar-refractivity contribution < 1.29 is 16.8 Å². The molecule has 162 valence electrons. The first-order valence-corrected chi connectivity index (χ1v) is 13.7. The summed E-state index contributed by atoms with van der Waals surface area (Å²) in [6.07, 6.45) is 12.2. The molecule has 0 N–H and O–H groups in total. The second kappa shape index (κ2) is 9.53. The van der Waals surface area contributed by atoms with E-state index in [1.54, 1.807) is 0 Å². The molecule has 2 aliphatic rings. The first kappa shape index (κ1) is 22.8. The van der Waals surface area contributed by atoms with E-state index in [9.17, 15) is 16.8 Å². The van der Waals surface area contributed by atoms with Crippen molar-refractivity contribution in [3.8, 4) is 24.7 Å². The molecule has 0 amide bonds. The SMILES string of the molecule is C#CCN(Cc1ccc(CN(CC#C)C2CCS(=O)(=O)C2)cc1)C1CCS(=O)(=O)C1. The number of hydrogen-bond acceptors (Lipinski definition) is 6. The molecule has 6 nitrogen and oxygen atoms in total. The first-order chi connectivity index (χ1) is 14.2. The van der Waals surface area contributed by atoms with E-state index in [0.29, 0.717) is 39.0 Å². The highest BCUT2D eigenvalue weighted by Crippen LogP contribution is 2.22. The Bertz CT molecular complexity index is 949. The van der Waals surface area contributed by atoms with Crippen LogP contribution in [0.5, 0.6) is 0 Å². The second-order valence-corrected chi connectivity index (χ2v) is 12.6. The molecule has 0 aliphatic carbocycles. The van der Waals surface area contributed by atoms with Gasteiger partial charge in [-0.2, -0.15) is 0 Å². The van der Waals surface area contributed by atoms with Gasteiger partial charge in [0, 0.05) is 25.2 Å². The molecule has 0 radical (unpaired) electrons. The van der Waals surface area contributed by atoms with Crippen molar-refractivity contribution in [2.45, 2.75) is 38.0 Å². The zero-order chi connectivity index (χ0) is 21.8. The lowest BCUT2D eigenvalue weighted by atomic mass is 10.1. The molecule has 2 atom stereocenters. The molecule has 3 rings (SSSR count). The van der Waals surface area contributed by atoms with Gasteiger partial charge in [-0.1, -0.05) is 36.1 Å². The summed E-state index contributed by atoms with van der Waals surface area (Å²) in [6.45, 7) is 2.02. The standard InChI is InChI=1S/C22H28N2O4S2/c1-3-11-23(21-9-13-29(25,26)17-21)15-19-5-7-20(8-6-19)16-24(12-4-2)22-10-14-30(27,28)18-22/h1-2,5-8,21-22H,9-18H2. The third-order valence-corrected chi connectivity index (χ3v) is 9.33. The van der Waals surface area contributed by atoms with Crippen LogP contribution in [0.1, 0.15) is 24.0 Å². The van der Waals surface area contributed by atoms with Gasteiger partial charge in [0.1, 0.15) is 0 Å². The summed E-state index contributed by atoms with van der Waals surface area (Å²) in [5, 5.41) is 0. The van der Waals surface area contributed by atoms with Crippen LogP contribution in [0.3, 0.4) is 0 Å². The molecular weight excluding hydrogens is 420 g/mol. The maximum atomic E-state index is 11.8. The summed E-state index contributed by atoms with van der Waals surface area (Å²) in [6, 6.07) is 7.98. The molecule has 2 aliphatic heterocycles. The number of benzene rings is 1. The third-order valence-electron chi connectivity index (χ3n) is 5.83. The van der Waals surface area contributed by atoms with Gasteiger partial charge in [-0.15, -0.1) is 12.8 Å². The number of terminal acetylenes is 2. The summed E-state index contributed by atoms with van der Waals surface area (Å²) in [4.78, 5) is 4.10. The second-order valence-electron chi connectivity index (χ2n) is 8.15. The Balaban J connectivity index is 1.64. The van der Waals surface area contributed by atoms with Crippen molar-refractivity contribution in [1.29, 1.82) is 0 Å². The van der Waals surface area contributed by atoms with Crippen LogP contribution in [0.25, 0.3) is 0 Å². The minimum atomic E-state index is -2.97. The lowest BCUT2D eigenvalue weighted by Gasteiger charge is -2.27. The van der Waals surface area contributed by atoms with E-state index in [-0.39, 0.29) is 35.1 Å². The van der Waals surface area contributed by atoms with E-state index < -0.39 is 19.7 Å². The van der Waals surface area contributed by atoms with Crippen LogP contribution >= 0.6 is 0 Å². The van der Waals surface area contributed by atoms with Gasteiger partial charge in [-0.25, -0.2) is 16.8 Å². The van der Waals surface area contributed by atoms with Crippen LogP contribution in [-0.4, -0.2) is 74.8 Å². The number of nitrogens with zero attached hydrogens (tertiary/aromatic N) is 2. The average Bonchev–Trinajstić information content (AvgIpc) is 3.23. The molecule has 2 saturated heterocycles. The van der Waals surface area contributed by atoms with E-state index in [1.165, 1.54) is 0 Å². The largest absolute Gasteiger partial charge is 0.284 e. The van der Waals surface area contributed by atoms with Gasteiger partial charge in [0.15, 0.2) is 19.7 Å². The fourth-order valence-electron chi connectivity index (χ4n) is 4.21. The predicted molar refractivity (Wildman–Crippen MR) is 119 cm³/mol. The molecule has 0 aromatic heterocycles. The van der Waals surface area contributed by atoms with E-state index >= 15 is 0 Å². The van der Waals surface area contributed by atoms with Gasteiger partial charge in [0.05, 0.1) is 36.1 Å². The molecule has 8 heteroatoms. The van der Waals surface area contributed by atoms with E-state index in [0.717, 1.165) is 11.1 Å². The van der Waals surface area contributed by atoms with Crippen LogP contribution in [0.15, 0.2) is 24.3 Å². The van der Waals surface area contributed by atoms with Crippen LogP contribution in [0, 0.1) is 24.7 Å². The van der Waals surface area contributed by atoms with Gasteiger partial charge >= 0.3 is 0 Å². The molecule has 0 bridgehead atoms. The van der Waals surface area contributed by atoms with Crippen molar-refractivity contribution in [1.82, 2.24) is 9.80 Å². The van der Waals surface area contributed by atoms with Crippen LogP contribution < -0.4 is 0 Å². The first-order valence-electron chi connectivity index (χ1n) is 10.0. The van der Waals surface area contributed by atoms with Crippen LogP contribution in [0.4, 0.5) is 0 Å². The van der Waals surface area contributed by atoms with Gasteiger partial charge < -0.3 is 0 Å². The Hall–Kier alpha value is -1.84. The number of rotatable bonds is 8. The molecule has 0 spiro atoms. The van der Waals surface area contributed by atoms with Crippen molar-refractivity contribution in [2.24, 2.45) is 0 Å². The highest BCUT2D eigenvalue weighted by Gasteiger charge is 2.33. The molecular formula is C22H28N2O4S2. The fraction of sp³-hybridized carbons (Fsp3) is 0.545. The third kappa shape index (κ3) is 6.09. The zero-order valence-corrected chi connectivity index (χ0v) is 18.7. The van der Waals surface area contributed by atoms with Gasteiger partial charge in [0.25, 0.3) is 0 Å². The minimum Gasteiger partial charge on any atom is -0.284 e. The lowest BCUT2D eigenvalue weighted by Crippen LogP contribution is -2.36. The molecule has 2 fully saturated rings. The maximum absolute atomic E-state index is 11.8. The van der Waals surface area contributed by atoms with Gasteiger partial charge in [-0.05, 0) is 24.0 Å². The summed E-state index contributed by atoms with van der Waals surface area (Å²) in [5.41, 5.74) is 2.12. The lowest BCUT2D eigenvalue weighted by molar-refractivity contribution is 0.228. The topological polar surface area (TPSA) is 74.8 Å². The smallest absolute Gasteiger partial charge is 0.151 e. The van der Waals surface area contributed by atoms with Gasteiger partial charge in [-0.3, -0.25) is 9.80 Å². The van der Waals surface area contributed by atoms with Crippen molar-refractivity contribution in [3.05, 3.63) is 35.4 Å². The Kier molecular flexibility index (Phi) is 7.26. The van der Waals surface area contributed by atoms with E-state index in [1.807, 2.05) is 34.1 Å². The van der Waals surface area contributed by atoms with Crippen molar-refractivity contribution in [2.75, 3.05) is 36.1 Å². The molecule has 0 saturated carbocycles. The molecule has 2 heterocycles. The Morgan fingerprint density at radius 3 is 1.40 bits per heavy atom. The highest BCUT2D eigenvalue weighted by atomic mass is 32.2. The summed E-state index contributed by atoms with van der Waals surface area (Å²) >= 11 is 0. The Labute approximate surface area is 180 Å². The van der Waals surface area contributed by atoms with Crippen molar-refractivity contribution in [3.63, 3.8) is 0 Å². The minimum absolute atomic E-state index is 0.0406. The Morgan fingerprint density at radius 2 is 1.13 bits per heavy atom. The molecule has 1 aromatic rings. The predicted octanol–water partition coefficient (Wildman–Crippen LogP) is 0.931. The zero-order valence-electron chi connectivity index (χ0n) is 17.0. The molecule has 30 heavy (non-hydrogen) atoms. The maximum Gasteiger partial charge on any atom is 0.151 e. The quantitative estimate of drug-likeness (QED) is 0.551. The number of sulfone groups is 2. The van der Waals surface area contributed by atoms with Gasteiger partial charge in [0.2, 0.25) is 0 Å².